The quantitative estimate of drug-likeness (QED) is 0.811. The molecule has 1 atom stereocenters. The second kappa shape index (κ2) is 7.54. The Morgan fingerprint density at radius 1 is 1.19 bits per heavy atom. The fraction of sp³-hybridized carbons (Fsp3) is 0.429. The minimum absolute atomic E-state index is 0.0500. The predicted octanol–water partition coefficient (Wildman–Crippen LogP) is 3.42. The largest absolute Gasteiger partial charge is 0.347 e. The molecular weight excluding hydrogens is 333 g/mol. The number of carbonyl (C=O) groups is 2. The number of hydrogen-bond acceptors (Lipinski definition) is 3. The highest BCUT2D eigenvalue weighted by atomic mass is 19.1. The Hall–Kier alpha value is -2.27. The number of carbonyl (C=O) groups excluding carboxylic acids is 2. The summed E-state index contributed by atoms with van der Waals surface area (Å²) >= 11 is 0. The minimum atomic E-state index is -0.952. The summed E-state index contributed by atoms with van der Waals surface area (Å²) in [6.45, 7) is 4.22. The third kappa shape index (κ3) is 3.78. The van der Waals surface area contributed by atoms with Crippen LogP contribution in [0, 0.1) is 11.7 Å². The number of hydrogen-bond donors (Lipinski definition) is 0. The van der Waals surface area contributed by atoms with Gasteiger partial charge in [-0.25, -0.2) is 4.39 Å². The van der Waals surface area contributed by atoms with Crippen LogP contribution in [0.15, 0.2) is 48.6 Å². The van der Waals surface area contributed by atoms with Crippen molar-refractivity contribution in [2.45, 2.75) is 44.9 Å². The number of allylic oxidation sites excluding steroid dienone is 2. The predicted molar refractivity (Wildman–Crippen MR) is 96.8 cm³/mol. The first kappa shape index (κ1) is 18.5. The van der Waals surface area contributed by atoms with Crippen molar-refractivity contribution < 1.29 is 18.7 Å². The Kier molecular flexibility index (Phi) is 5.37. The number of aryl methyl sites for hydroxylation is 1. The molecule has 1 aromatic rings. The van der Waals surface area contributed by atoms with Crippen LogP contribution < -0.4 is 0 Å². The molecule has 0 N–H and O–H groups in total. The standard InChI is InChI=1S/C21H24FNO3/c1-15(2)23-20(25)17(5-3-4-16-6-8-18(22)9-7-16)14-26-21(23)12-10-19(24)11-13-21/h6-13,15,17H,3-5,14H2,1-2H3. The second-order valence-electron chi connectivity index (χ2n) is 7.15. The molecule has 1 aliphatic heterocycles. The van der Waals surface area contributed by atoms with Crippen molar-refractivity contribution >= 4 is 11.7 Å². The molecule has 1 unspecified atom stereocenters. The van der Waals surface area contributed by atoms with E-state index in [0.717, 1.165) is 18.4 Å². The summed E-state index contributed by atoms with van der Waals surface area (Å²) in [5, 5.41) is 0. The van der Waals surface area contributed by atoms with Gasteiger partial charge in [0.1, 0.15) is 5.82 Å². The van der Waals surface area contributed by atoms with Crippen molar-refractivity contribution in [3.63, 3.8) is 0 Å². The maximum absolute atomic E-state index is 13.1. The lowest BCUT2D eigenvalue weighted by atomic mass is 9.92. The number of nitrogens with zero attached hydrogens (tertiary/aromatic N) is 1. The van der Waals surface area contributed by atoms with Crippen molar-refractivity contribution in [2.75, 3.05) is 6.61 Å². The Balaban J connectivity index is 1.65. The highest BCUT2D eigenvalue weighted by Gasteiger charge is 2.46. The van der Waals surface area contributed by atoms with E-state index in [0.29, 0.717) is 13.0 Å². The van der Waals surface area contributed by atoms with E-state index < -0.39 is 5.72 Å². The summed E-state index contributed by atoms with van der Waals surface area (Å²) in [5.74, 6) is -0.497. The van der Waals surface area contributed by atoms with Crippen LogP contribution >= 0.6 is 0 Å². The van der Waals surface area contributed by atoms with Gasteiger partial charge in [0, 0.05) is 6.04 Å². The van der Waals surface area contributed by atoms with Gasteiger partial charge in [0.05, 0.1) is 12.5 Å². The third-order valence-corrected chi connectivity index (χ3v) is 4.90. The molecule has 3 rings (SSSR count). The molecule has 0 bridgehead atoms. The second-order valence-corrected chi connectivity index (χ2v) is 7.15. The molecule has 1 saturated heterocycles. The molecule has 2 aliphatic rings. The lowest BCUT2D eigenvalue weighted by molar-refractivity contribution is -0.186. The number of ether oxygens (including phenoxy) is 1. The molecule has 1 amide bonds. The van der Waals surface area contributed by atoms with Crippen LogP contribution in [-0.2, 0) is 20.7 Å². The SMILES string of the molecule is CC(C)N1C(=O)C(CCCc2ccc(F)cc2)COC12C=CC(=O)C=C2. The van der Waals surface area contributed by atoms with Crippen LogP contribution in [0.1, 0.15) is 32.3 Å². The summed E-state index contributed by atoms with van der Waals surface area (Å²) in [6, 6.07) is 6.41. The lowest BCUT2D eigenvalue weighted by Crippen LogP contribution is -2.61. The Labute approximate surface area is 153 Å². The molecule has 0 radical (unpaired) electrons. The van der Waals surface area contributed by atoms with Gasteiger partial charge < -0.3 is 9.64 Å². The van der Waals surface area contributed by atoms with E-state index in [2.05, 4.69) is 0 Å². The van der Waals surface area contributed by atoms with E-state index in [4.69, 9.17) is 4.74 Å². The Bertz CT molecular complexity index is 720. The zero-order valence-corrected chi connectivity index (χ0v) is 15.2. The highest BCUT2D eigenvalue weighted by molar-refractivity contribution is 6.01. The van der Waals surface area contributed by atoms with Gasteiger partial charge in [0.15, 0.2) is 11.5 Å². The maximum Gasteiger partial charge on any atom is 0.230 e. The number of halogens is 1. The summed E-state index contributed by atoms with van der Waals surface area (Å²) in [6.07, 6.45) is 8.58. The molecule has 1 fully saturated rings. The molecule has 1 heterocycles. The van der Waals surface area contributed by atoms with Crippen molar-refractivity contribution in [2.24, 2.45) is 5.92 Å². The smallest absolute Gasteiger partial charge is 0.230 e. The van der Waals surface area contributed by atoms with E-state index in [-0.39, 0.29) is 29.5 Å². The normalized spacial score (nSPS) is 21.8. The van der Waals surface area contributed by atoms with Crippen molar-refractivity contribution in [1.82, 2.24) is 4.90 Å². The minimum Gasteiger partial charge on any atom is -0.347 e. The van der Waals surface area contributed by atoms with Gasteiger partial charge in [-0.2, -0.15) is 0 Å². The van der Waals surface area contributed by atoms with Gasteiger partial charge in [-0.15, -0.1) is 0 Å². The average molecular weight is 357 g/mol. The summed E-state index contributed by atoms with van der Waals surface area (Å²) < 4.78 is 19.0. The van der Waals surface area contributed by atoms with Crippen LogP contribution in [0.5, 0.6) is 0 Å². The number of ketones is 1. The van der Waals surface area contributed by atoms with Gasteiger partial charge in [-0.1, -0.05) is 12.1 Å². The first-order valence-electron chi connectivity index (χ1n) is 9.05. The molecule has 0 aromatic heterocycles. The zero-order valence-electron chi connectivity index (χ0n) is 15.2. The van der Waals surface area contributed by atoms with Crippen molar-refractivity contribution in [3.8, 4) is 0 Å². The number of amides is 1. The monoisotopic (exact) mass is 357 g/mol. The molecule has 1 aromatic carbocycles. The summed E-state index contributed by atoms with van der Waals surface area (Å²) in [7, 11) is 0. The van der Waals surface area contributed by atoms with Crippen LogP contribution in [-0.4, -0.2) is 35.0 Å². The highest BCUT2D eigenvalue weighted by Crippen LogP contribution is 2.34. The van der Waals surface area contributed by atoms with Crippen molar-refractivity contribution in [1.29, 1.82) is 0 Å². The van der Waals surface area contributed by atoms with Gasteiger partial charge >= 0.3 is 0 Å². The Morgan fingerprint density at radius 2 is 1.85 bits per heavy atom. The van der Waals surface area contributed by atoms with E-state index in [1.54, 1.807) is 29.2 Å². The molecule has 4 nitrogen and oxygen atoms in total. The molecule has 5 heteroatoms. The summed E-state index contributed by atoms with van der Waals surface area (Å²) in [5.41, 5.74) is 0.108. The molecule has 0 saturated carbocycles. The van der Waals surface area contributed by atoms with E-state index >= 15 is 0 Å². The van der Waals surface area contributed by atoms with Crippen LogP contribution in [0.2, 0.25) is 0 Å². The third-order valence-electron chi connectivity index (χ3n) is 4.90. The lowest BCUT2D eigenvalue weighted by Gasteiger charge is -2.48. The van der Waals surface area contributed by atoms with E-state index in [1.807, 2.05) is 13.8 Å². The van der Waals surface area contributed by atoms with Crippen LogP contribution in [0.4, 0.5) is 4.39 Å². The van der Waals surface area contributed by atoms with Crippen LogP contribution in [0.25, 0.3) is 0 Å². The maximum atomic E-state index is 13.1. The first-order valence-corrected chi connectivity index (χ1v) is 9.05. The molecule has 1 spiro atoms. The fourth-order valence-corrected chi connectivity index (χ4v) is 3.58. The Morgan fingerprint density at radius 3 is 2.46 bits per heavy atom. The molecule has 26 heavy (non-hydrogen) atoms. The summed E-state index contributed by atoms with van der Waals surface area (Å²) in [4.78, 5) is 26.2. The van der Waals surface area contributed by atoms with Crippen molar-refractivity contribution in [3.05, 3.63) is 60.0 Å². The zero-order chi connectivity index (χ0) is 18.7. The van der Waals surface area contributed by atoms with Gasteiger partial charge in [0.25, 0.3) is 0 Å². The first-order chi connectivity index (χ1) is 12.4. The number of rotatable bonds is 5. The molecular formula is C21H24FNO3. The van der Waals surface area contributed by atoms with E-state index in [1.165, 1.54) is 24.3 Å². The van der Waals surface area contributed by atoms with Gasteiger partial charge in [-0.05, 0) is 75.1 Å². The van der Waals surface area contributed by atoms with Gasteiger partial charge in [-0.3, -0.25) is 9.59 Å². The van der Waals surface area contributed by atoms with E-state index in [9.17, 15) is 14.0 Å². The van der Waals surface area contributed by atoms with Gasteiger partial charge in [0.2, 0.25) is 5.91 Å². The fourth-order valence-electron chi connectivity index (χ4n) is 3.58. The number of benzene rings is 1. The average Bonchev–Trinajstić information content (AvgIpc) is 2.61. The van der Waals surface area contributed by atoms with Crippen LogP contribution in [0.3, 0.4) is 0 Å². The topological polar surface area (TPSA) is 46.6 Å². The molecule has 138 valence electrons. The molecule has 1 aliphatic carbocycles.